The summed E-state index contributed by atoms with van der Waals surface area (Å²) in [6.45, 7) is 0. The quantitative estimate of drug-likeness (QED) is 0.255. The highest BCUT2D eigenvalue weighted by Gasteiger charge is 2.40. The number of nitro benzene ring substituents is 1. The predicted octanol–water partition coefficient (Wildman–Crippen LogP) is 5.24. The van der Waals surface area contributed by atoms with Gasteiger partial charge in [0.15, 0.2) is 0 Å². The molecule has 0 fully saturated rings. The summed E-state index contributed by atoms with van der Waals surface area (Å²) >= 11 is 0. The number of allylic oxidation sites excluding steroid dienone is 2. The fourth-order valence-corrected chi connectivity index (χ4v) is 6.16. The summed E-state index contributed by atoms with van der Waals surface area (Å²) in [6.07, 6.45) is 4.83. The van der Waals surface area contributed by atoms with Crippen molar-refractivity contribution < 1.29 is 22.8 Å². The number of fused-ring (bicyclic) bond motifs is 3. The first-order valence-electron chi connectivity index (χ1n) is 11.4. The van der Waals surface area contributed by atoms with E-state index in [1.54, 1.807) is 48.5 Å². The fourth-order valence-electron chi connectivity index (χ4n) is 5.06. The monoisotopic (exact) mass is 507 g/mol. The lowest BCUT2D eigenvalue weighted by atomic mass is 9.76. The number of hydrogen-bond acceptors (Lipinski definition) is 7. The third-order valence-corrected chi connectivity index (χ3v) is 8.13. The van der Waals surface area contributed by atoms with Gasteiger partial charge in [0.2, 0.25) is 0 Å². The van der Waals surface area contributed by atoms with Crippen LogP contribution in [0.5, 0.6) is 11.5 Å². The van der Waals surface area contributed by atoms with Gasteiger partial charge in [0.05, 0.1) is 41.3 Å². The van der Waals surface area contributed by atoms with Crippen LogP contribution in [-0.4, -0.2) is 27.6 Å². The van der Waals surface area contributed by atoms with E-state index in [-0.39, 0.29) is 39.1 Å². The smallest absolute Gasteiger partial charge is 0.274 e. The van der Waals surface area contributed by atoms with Gasteiger partial charge in [-0.25, -0.2) is 8.42 Å². The average molecular weight is 508 g/mol. The highest BCUT2D eigenvalue weighted by atomic mass is 32.2. The van der Waals surface area contributed by atoms with Crippen molar-refractivity contribution in [3.05, 3.63) is 94.1 Å². The molecule has 186 valence electrons. The Balaban J connectivity index is 1.51. The van der Waals surface area contributed by atoms with Gasteiger partial charge in [0, 0.05) is 23.7 Å². The number of sulfonamides is 1. The molecule has 1 aliphatic heterocycles. The topological polar surface area (TPSA) is 120 Å². The number of ether oxygens (including phenoxy) is 2. The molecule has 10 heteroatoms. The zero-order valence-electron chi connectivity index (χ0n) is 19.7. The Morgan fingerprint density at radius 3 is 2.58 bits per heavy atom. The molecule has 0 aromatic heterocycles. The van der Waals surface area contributed by atoms with Crippen molar-refractivity contribution in [1.29, 1.82) is 0 Å². The van der Waals surface area contributed by atoms with Gasteiger partial charge in [-0.05, 0) is 48.2 Å². The number of benzene rings is 3. The van der Waals surface area contributed by atoms with Crippen molar-refractivity contribution in [3.63, 3.8) is 0 Å². The first-order chi connectivity index (χ1) is 17.3. The van der Waals surface area contributed by atoms with E-state index in [0.29, 0.717) is 17.1 Å². The van der Waals surface area contributed by atoms with Crippen molar-refractivity contribution in [2.45, 2.75) is 23.3 Å². The molecule has 2 aliphatic rings. The molecule has 1 aliphatic carbocycles. The minimum Gasteiger partial charge on any atom is -0.497 e. The molecule has 0 saturated heterocycles. The van der Waals surface area contributed by atoms with E-state index in [0.717, 1.165) is 17.7 Å². The van der Waals surface area contributed by atoms with Crippen molar-refractivity contribution in [2.75, 3.05) is 24.3 Å². The SMILES string of the molecule is COc1ccc(OC)c(NS(=O)(=O)c2ccc3c(c2)[C@H]2C=CC[C@H]2[C@@H](c2ccccc2[N+](=O)[O-])N3)c1. The molecular weight excluding hydrogens is 482 g/mol. The number of rotatable bonds is 7. The summed E-state index contributed by atoms with van der Waals surface area (Å²) in [5.74, 6) is 0.795. The van der Waals surface area contributed by atoms with Gasteiger partial charge in [-0.2, -0.15) is 0 Å². The fraction of sp³-hybridized carbons (Fsp3) is 0.231. The van der Waals surface area contributed by atoms with Crippen molar-refractivity contribution in [2.24, 2.45) is 5.92 Å². The molecule has 0 amide bonds. The van der Waals surface area contributed by atoms with Crippen LogP contribution in [0.1, 0.15) is 29.5 Å². The molecule has 2 N–H and O–H groups in total. The van der Waals surface area contributed by atoms with Gasteiger partial charge in [0.1, 0.15) is 11.5 Å². The number of nitro groups is 1. The number of nitrogens with one attached hydrogen (secondary N) is 2. The second kappa shape index (κ2) is 9.19. The third kappa shape index (κ3) is 4.13. The van der Waals surface area contributed by atoms with Gasteiger partial charge in [-0.3, -0.25) is 14.8 Å². The standard InChI is InChI=1S/C26H25N3O6S/c1-34-16-10-13-25(35-2)23(14-16)28-36(32,33)17-11-12-22-21(15-17)18-7-5-8-19(18)26(27-22)20-6-3-4-9-24(20)29(30)31/h3-7,9-15,18-19,26-28H,8H2,1-2H3/t18-,19+,26-/m0/s1. The molecule has 0 radical (unpaired) electrons. The summed E-state index contributed by atoms with van der Waals surface area (Å²) in [4.78, 5) is 11.4. The lowest BCUT2D eigenvalue weighted by Crippen LogP contribution is -2.30. The summed E-state index contributed by atoms with van der Waals surface area (Å²) < 4.78 is 39.8. The average Bonchev–Trinajstić information content (AvgIpc) is 3.38. The summed E-state index contributed by atoms with van der Waals surface area (Å²) in [5.41, 5.74) is 2.55. The third-order valence-electron chi connectivity index (χ3n) is 6.76. The number of methoxy groups -OCH3 is 2. The van der Waals surface area contributed by atoms with Gasteiger partial charge >= 0.3 is 0 Å². The number of nitrogens with zero attached hydrogens (tertiary/aromatic N) is 1. The molecule has 3 atom stereocenters. The molecule has 0 spiro atoms. The van der Waals surface area contributed by atoms with Crippen LogP contribution in [0.4, 0.5) is 17.1 Å². The molecule has 3 aromatic carbocycles. The van der Waals surface area contributed by atoms with Crippen LogP contribution in [-0.2, 0) is 10.0 Å². The summed E-state index contributed by atoms with van der Waals surface area (Å²) in [6, 6.07) is 16.2. The Labute approximate surface area is 209 Å². The lowest BCUT2D eigenvalue weighted by Gasteiger charge is -2.37. The van der Waals surface area contributed by atoms with Gasteiger partial charge in [-0.1, -0.05) is 30.4 Å². The van der Waals surface area contributed by atoms with Crippen molar-refractivity contribution in [1.82, 2.24) is 0 Å². The van der Waals surface area contributed by atoms with E-state index in [1.165, 1.54) is 26.4 Å². The maximum atomic E-state index is 13.3. The Hall–Kier alpha value is -4.05. The van der Waals surface area contributed by atoms with Crippen molar-refractivity contribution in [3.8, 4) is 11.5 Å². The first-order valence-corrected chi connectivity index (χ1v) is 12.9. The number of hydrogen-bond donors (Lipinski definition) is 2. The largest absolute Gasteiger partial charge is 0.497 e. The molecule has 0 bridgehead atoms. The Morgan fingerprint density at radius 1 is 1.03 bits per heavy atom. The Bertz CT molecular complexity index is 1470. The molecule has 0 saturated carbocycles. The second-order valence-electron chi connectivity index (χ2n) is 8.71. The predicted molar refractivity (Wildman–Crippen MR) is 136 cm³/mol. The van der Waals surface area contributed by atoms with Gasteiger partial charge in [0.25, 0.3) is 15.7 Å². The molecule has 3 aromatic rings. The molecular formula is C26H25N3O6S. The summed E-state index contributed by atoms with van der Waals surface area (Å²) in [7, 11) is -0.982. The number of para-hydroxylation sites is 1. The van der Waals surface area contributed by atoms with Crippen LogP contribution in [0.3, 0.4) is 0 Å². The van der Waals surface area contributed by atoms with E-state index in [9.17, 15) is 18.5 Å². The van der Waals surface area contributed by atoms with Crippen LogP contribution in [0.2, 0.25) is 0 Å². The molecule has 9 nitrogen and oxygen atoms in total. The van der Waals surface area contributed by atoms with Crippen LogP contribution >= 0.6 is 0 Å². The Kier molecular flexibility index (Phi) is 6.05. The van der Waals surface area contributed by atoms with Crippen LogP contribution < -0.4 is 19.5 Å². The molecule has 5 rings (SSSR count). The van der Waals surface area contributed by atoms with Crippen LogP contribution in [0.25, 0.3) is 0 Å². The minimum atomic E-state index is -3.94. The highest BCUT2D eigenvalue weighted by Crippen LogP contribution is 2.51. The normalized spacial score (nSPS) is 20.1. The van der Waals surface area contributed by atoms with Crippen LogP contribution in [0.15, 0.2) is 77.7 Å². The van der Waals surface area contributed by atoms with Crippen LogP contribution in [0, 0.1) is 16.0 Å². The zero-order chi connectivity index (χ0) is 25.4. The Morgan fingerprint density at radius 2 is 1.83 bits per heavy atom. The highest BCUT2D eigenvalue weighted by molar-refractivity contribution is 7.92. The summed E-state index contributed by atoms with van der Waals surface area (Å²) in [5, 5.41) is 15.1. The first kappa shape index (κ1) is 23.7. The second-order valence-corrected chi connectivity index (χ2v) is 10.4. The minimum absolute atomic E-state index is 0.0167. The van der Waals surface area contributed by atoms with Gasteiger partial charge in [-0.15, -0.1) is 0 Å². The zero-order valence-corrected chi connectivity index (χ0v) is 20.5. The van der Waals surface area contributed by atoms with Gasteiger partial charge < -0.3 is 14.8 Å². The molecule has 36 heavy (non-hydrogen) atoms. The lowest BCUT2D eigenvalue weighted by molar-refractivity contribution is -0.385. The van der Waals surface area contributed by atoms with E-state index >= 15 is 0 Å². The maximum Gasteiger partial charge on any atom is 0.274 e. The van der Waals surface area contributed by atoms with Crippen molar-refractivity contribution >= 4 is 27.1 Å². The number of anilines is 2. The van der Waals surface area contributed by atoms with E-state index in [4.69, 9.17) is 9.47 Å². The van der Waals surface area contributed by atoms with E-state index in [2.05, 4.69) is 22.2 Å². The maximum absolute atomic E-state index is 13.3. The van der Waals surface area contributed by atoms with E-state index in [1.807, 2.05) is 0 Å². The molecule has 0 unspecified atom stereocenters. The molecule has 1 heterocycles. The van der Waals surface area contributed by atoms with E-state index < -0.39 is 10.0 Å².